The first-order chi connectivity index (χ1) is 18.1. The van der Waals surface area contributed by atoms with Gasteiger partial charge >= 0.3 is 0 Å². The third kappa shape index (κ3) is 9.87. The predicted octanol–water partition coefficient (Wildman–Crippen LogP) is 9.27. The Bertz CT molecular complexity index is 1020. The van der Waals surface area contributed by atoms with Crippen molar-refractivity contribution in [2.24, 2.45) is 0 Å². The number of aromatic nitrogens is 1. The molecule has 1 unspecified atom stereocenters. The van der Waals surface area contributed by atoms with Gasteiger partial charge in [-0.25, -0.2) is 4.98 Å². The molecule has 1 N–H and O–H groups in total. The lowest BCUT2D eigenvalue weighted by Gasteiger charge is -2.26. The van der Waals surface area contributed by atoms with E-state index in [1.807, 2.05) is 6.07 Å². The van der Waals surface area contributed by atoms with Crippen LogP contribution in [0.2, 0.25) is 0 Å². The predicted molar refractivity (Wildman–Crippen MR) is 160 cm³/mol. The second kappa shape index (κ2) is 16.6. The monoisotopic (exact) mass is 502 g/mol. The van der Waals surface area contributed by atoms with Gasteiger partial charge in [0.1, 0.15) is 0 Å². The molecule has 0 radical (unpaired) electrons. The normalized spacial score (nSPS) is 12.5. The molecule has 1 aromatic heterocycles. The van der Waals surface area contributed by atoms with Gasteiger partial charge in [-0.05, 0) is 56.1 Å². The first-order valence-electron chi connectivity index (χ1n) is 15.0. The zero-order valence-corrected chi connectivity index (χ0v) is 23.7. The number of rotatable bonds is 18. The maximum absolute atomic E-state index is 11.6. The number of hydrogen-bond acceptors (Lipinski definition) is 3. The molecule has 1 heterocycles. The molecule has 0 aliphatic heterocycles. The smallest absolute Gasteiger partial charge is 0.0924 e. The van der Waals surface area contributed by atoms with E-state index in [0.29, 0.717) is 6.54 Å². The summed E-state index contributed by atoms with van der Waals surface area (Å²) in [6, 6.07) is 18.9. The fraction of sp³-hybridized carbons (Fsp3) is 0.559. The van der Waals surface area contributed by atoms with E-state index in [1.165, 1.54) is 82.6 Å². The van der Waals surface area contributed by atoms with Crippen molar-refractivity contribution in [2.45, 2.75) is 104 Å². The largest absolute Gasteiger partial charge is 0.387 e. The van der Waals surface area contributed by atoms with Crippen molar-refractivity contribution in [2.75, 3.05) is 19.6 Å². The standard InChI is InChI=1S/C34H50N2O/c1-4-6-8-10-12-17-23-36(24-18-13-11-9-7-5-2)27-34(37)31-26-32(29-19-15-14-16-20-29)35-33-25-28(3)21-22-30(31)33/h14-16,19-22,25-26,34,37H,4-13,17-18,23-24,27H2,1-3H3. The zero-order valence-electron chi connectivity index (χ0n) is 23.7. The van der Waals surface area contributed by atoms with Crippen molar-refractivity contribution in [1.82, 2.24) is 9.88 Å². The third-order valence-corrected chi connectivity index (χ3v) is 7.51. The molecule has 0 fully saturated rings. The maximum Gasteiger partial charge on any atom is 0.0924 e. The van der Waals surface area contributed by atoms with Crippen LogP contribution < -0.4 is 0 Å². The Labute approximate surface area is 226 Å². The second-order valence-electron chi connectivity index (χ2n) is 10.8. The van der Waals surface area contributed by atoms with E-state index in [-0.39, 0.29) is 0 Å². The lowest BCUT2D eigenvalue weighted by molar-refractivity contribution is 0.111. The molecule has 0 aliphatic rings. The Morgan fingerprint density at radius 3 is 1.95 bits per heavy atom. The summed E-state index contributed by atoms with van der Waals surface area (Å²) in [5.41, 5.74) is 5.19. The molecule has 0 amide bonds. The number of unbranched alkanes of at least 4 members (excludes halogenated alkanes) is 10. The fourth-order valence-electron chi connectivity index (χ4n) is 5.27. The van der Waals surface area contributed by atoms with Gasteiger partial charge in [-0.2, -0.15) is 0 Å². The molecule has 3 rings (SSSR count). The number of aliphatic hydroxyl groups is 1. The van der Waals surface area contributed by atoms with E-state index >= 15 is 0 Å². The zero-order chi connectivity index (χ0) is 26.3. The number of fused-ring (bicyclic) bond motifs is 1. The Kier molecular flexibility index (Phi) is 13.1. The number of pyridine rings is 1. The molecule has 0 aliphatic carbocycles. The molecule has 37 heavy (non-hydrogen) atoms. The summed E-state index contributed by atoms with van der Waals surface area (Å²) in [6.07, 6.45) is 15.1. The number of benzene rings is 2. The Morgan fingerprint density at radius 1 is 0.730 bits per heavy atom. The summed E-state index contributed by atoms with van der Waals surface area (Å²) in [6.45, 7) is 9.49. The third-order valence-electron chi connectivity index (χ3n) is 7.51. The van der Waals surface area contributed by atoms with Crippen molar-refractivity contribution >= 4 is 10.9 Å². The lowest BCUT2D eigenvalue weighted by atomic mass is 9.98. The lowest BCUT2D eigenvalue weighted by Crippen LogP contribution is -2.31. The average molecular weight is 503 g/mol. The van der Waals surface area contributed by atoms with Crippen LogP contribution in [0.15, 0.2) is 54.6 Å². The molecule has 2 aromatic carbocycles. The molecule has 0 bridgehead atoms. The van der Waals surface area contributed by atoms with Gasteiger partial charge in [0.05, 0.1) is 17.3 Å². The number of hydrogen-bond donors (Lipinski definition) is 1. The Balaban J connectivity index is 1.74. The van der Waals surface area contributed by atoms with Crippen LogP contribution in [0, 0.1) is 6.92 Å². The minimum Gasteiger partial charge on any atom is -0.387 e. The highest BCUT2D eigenvalue weighted by atomic mass is 16.3. The number of aryl methyl sites for hydroxylation is 1. The van der Waals surface area contributed by atoms with E-state index in [4.69, 9.17) is 4.98 Å². The van der Waals surface area contributed by atoms with Gasteiger partial charge in [-0.1, -0.05) is 121 Å². The number of aliphatic hydroxyl groups excluding tert-OH is 1. The second-order valence-corrected chi connectivity index (χ2v) is 10.8. The molecule has 3 nitrogen and oxygen atoms in total. The fourth-order valence-corrected chi connectivity index (χ4v) is 5.27. The summed E-state index contributed by atoms with van der Waals surface area (Å²) in [7, 11) is 0. The van der Waals surface area contributed by atoms with E-state index in [2.05, 4.69) is 74.2 Å². The number of nitrogens with zero attached hydrogens (tertiary/aromatic N) is 2. The van der Waals surface area contributed by atoms with Gasteiger partial charge in [0.2, 0.25) is 0 Å². The summed E-state index contributed by atoms with van der Waals surface area (Å²) in [5.74, 6) is 0. The first kappa shape index (κ1) is 29.3. The quantitative estimate of drug-likeness (QED) is 0.176. The van der Waals surface area contributed by atoms with Crippen molar-refractivity contribution in [3.63, 3.8) is 0 Å². The highest BCUT2D eigenvalue weighted by Gasteiger charge is 2.18. The van der Waals surface area contributed by atoms with Crippen LogP contribution in [0.25, 0.3) is 22.2 Å². The van der Waals surface area contributed by atoms with Gasteiger partial charge in [0.25, 0.3) is 0 Å². The Morgan fingerprint density at radius 2 is 1.32 bits per heavy atom. The van der Waals surface area contributed by atoms with Crippen LogP contribution in [-0.4, -0.2) is 34.6 Å². The average Bonchev–Trinajstić information content (AvgIpc) is 2.91. The van der Waals surface area contributed by atoms with Crippen LogP contribution in [0.4, 0.5) is 0 Å². The minimum absolute atomic E-state index is 0.532. The van der Waals surface area contributed by atoms with E-state index in [9.17, 15) is 5.11 Å². The van der Waals surface area contributed by atoms with Crippen LogP contribution in [0.1, 0.15) is 108 Å². The summed E-state index contributed by atoms with van der Waals surface area (Å²) < 4.78 is 0. The van der Waals surface area contributed by atoms with Crippen molar-refractivity contribution in [1.29, 1.82) is 0 Å². The van der Waals surface area contributed by atoms with Crippen LogP contribution in [-0.2, 0) is 0 Å². The molecule has 1 atom stereocenters. The summed E-state index contributed by atoms with van der Waals surface area (Å²) in [5, 5.41) is 12.7. The van der Waals surface area contributed by atoms with E-state index < -0.39 is 6.10 Å². The molecule has 3 heteroatoms. The summed E-state index contributed by atoms with van der Waals surface area (Å²) >= 11 is 0. The molecule has 0 spiro atoms. The Hall–Kier alpha value is -2.23. The SMILES string of the molecule is CCCCCCCCN(CCCCCCCC)CC(O)c1cc(-c2ccccc2)nc2cc(C)ccc12. The van der Waals surface area contributed by atoms with Gasteiger partial charge in [-0.15, -0.1) is 0 Å². The molecular weight excluding hydrogens is 452 g/mol. The summed E-state index contributed by atoms with van der Waals surface area (Å²) in [4.78, 5) is 7.49. The van der Waals surface area contributed by atoms with E-state index in [0.717, 1.165) is 40.8 Å². The van der Waals surface area contributed by atoms with Gasteiger partial charge in [-0.3, -0.25) is 0 Å². The molecule has 202 valence electrons. The van der Waals surface area contributed by atoms with Crippen LogP contribution in [0.3, 0.4) is 0 Å². The highest BCUT2D eigenvalue weighted by Crippen LogP contribution is 2.30. The topological polar surface area (TPSA) is 36.4 Å². The van der Waals surface area contributed by atoms with Gasteiger partial charge in [0, 0.05) is 17.5 Å². The van der Waals surface area contributed by atoms with Gasteiger partial charge < -0.3 is 10.0 Å². The van der Waals surface area contributed by atoms with Crippen LogP contribution in [0.5, 0.6) is 0 Å². The molecule has 3 aromatic rings. The minimum atomic E-state index is -0.532. The molecule has 0 saturated heterocycles. The molecular formula is C34H50N2O. The van der Waals surface area contributed by atoms with Crippen molar-refractivity contribution in [3.05, 3.63) is 65.7 Å². The molecule has 0 saturated carbocycles. The van der Waals surface area contributed by atoms with E-state index in [1.54, 1.807) is 0 Å². The highest BCUT2D eigenvalue weighted by molar-refractivity contribution is 5.86. The van der Waals surface area contributed by atoms with Gasteiger partial charge in [0.15, 0.2) is 0 Å². The van der Waals surface area contributed by atoms with Crippen LogP contribution >= 0.6 is 0 Å². The van der Waals surface area contributed by atoms with Crippen molar-refractivity contribution in [3.8, 4) is 11.3 Å². The van der Waals surface area contributed by atoms with Crippen molar-refractivity contribution < 1.29 is 5.11 Å². The first-order valence-corrected chi connectivity index (χ1v) is 15.0. The maximum atomic E-state index is 11.6.